The van der Waals surface area contributed by atoms with E-state index in [2.05, 4.69) is 4.74 Å². The lowest BCUT2D eigenvalue weighted by Gasteiger charge is -2.25. The molecule has 1 aliphatic carbocycles. The fourth-order valence-corrected chi connectivity index (χ4v) is 4.48. The fraction of sp³-hybridized carbons (Fsp3) is 0.783. The molecule has 0 amide bonds. The molecule has 1 N–H and O–H groups in total. The molecule has 1 aliphatic heterocycles. The maximum Gasteiger partial charge on any atom is 0.305 e. The molecule has 6 heteroatoms. The summed E-state index contributed by atoms with van der Waals surface area (Å²) in [6.45, 7) is 5.45. The Hall–Kier alpha value is -1.27. The van der Waals surface area contributed by atoms with Crippen LogP contribution < -0.4 is 0 Å². The lowest BCUT2D eigenvalue weighted by atomic mass is 9.84. The summed E-state index contributed by atoms with van der Waals surface area (Å²) in [5.41, 5.74) is -1.68. The van der Waals surface area contributed by atoms with Crippen LogP contribution in [0.3, 0.4) is 0 Å². The van der Waals surface area contributed by atoms with E-state index in [1.54, 1.807) is 18.2 Å². The molecule has 0 radical (unpaired) electrons. The number of carbonyl (C=O) groups excluding carboxylic acids is 1. The van der Waals surface area contributed by atoms with Crippen LogP contribution in [0.2, 0.25) is 0 Å². The average Bonchev–Trinajstić information content (AvgIpc) is 3.16. The maximum atomic E-state index is 15.1. The molecule has 1 heterocycles. The fourth-order valence-electron chi connectivity index (χ4n) is 4.48. The second-order valence-electron chi connectivity index (χ2n) is 8.71. The number of alkyl halides is 2. The van der Waals surface area contributed by atoms with Gasteiger partial charge in [0, 0.05) is 12.3 Å². The summed E-state index contributed by atoms with van der Waals surface area (Å²) in [6, 6.07) is 0. The summed E-state index contributed by atoms with van der Waals surface area (Å²) in [5, 5.41) is 10.3. The van der Waals surface area contributed by atoms with Crippen LogP contribution in [0.4, 0.5) is 8.78 Å². The van der Waals surface area contributed by atoms with Crippen molar-refractivity contribution < 1.29 is 28.2 Å². The Morgan fingerprint density at radius 3 is 2.79 bits per heavy atom. The molecule has 0 aromatic rings. The molecule has 0 aromatic heterocycles. The van der Waals surface area contributed by atoms with Gasteiger partial charge in [-0.2, -0.15) is 0 Å². The third kappa shape index (κ3) is 6.11. The third-order valence-corrected chi connectivity index (χ3v) is 6.37. The lowest BCUT2D eigenvalue weighted by molar-refractivity contribution is -0.140. The van der Waals surface area contributed by atoms with E-state index in [9.17, 15) is 14.3 Å². The van der Waals surface area contributed by atoms with Gasteiger partial charge in [-0.15, -0.1) is 0 Å². The van der Waals surface area contributed by atoms with Crippen molar-refractivity contribution in [1.29, 1.82) is 0 Å². The number of carbonyl (C=O) groups is 1. The number of aliphatic hydroxyl groups excluding tert-OH is 1. The second-order valence-corrected chi connectivity index (χ2v) is 8.71. The molecule has 1 saturated heterocycles. The van der Waals surface area contributed by atoms with Crippen LogP contribution >= 0.6 is 0 Å². The van der Waals surface area contributed by atoms with Gasteiger partial charge in [0.15, 0.2) is 0 Å². The Kier molecular flexibility index (Phi) is 8.83. The van der Waals surface area contributed by atoms with Crippen molar-refractivity contribution in [3.63, 3.8) is 0 Å². The Morgan fingerprint density at radius 1 is 1.41 bits per heavy atom. The van der Waals surface area contributed by atoms with E-state index in [4.69, 9.17) is 4.74 Å². The zero-order valence-electron chi connectivity index (χ0n) is 18.0. The normalized spacial score (nSPS) is 35.1. The van der Waals surface area contributed by atoms with Gasteiger partial charge in [-0.3, -0.25) is 4.79 Å². The number of halogens is 2. The number of esters is 1. The van der Waals surface area contributed by atoms with Crippen molar-refractivity contribution in [2.24, 2.45) is 17.8 Å². The van der Waals surface area contributed by atoms with Crippen molar-refractivity contribution in [3.05, 3.63) is 24.3 Å². The monoisotopic (exact) mass is 414 g/mol. The molecule has 2 rings (SSSR count). The van der Waals surface area contributed by atoms with E-state index in [1.165, 1.54) is 20.1 Å². The molecule has 0 bridgehead atoms. The van der Waals surface area contributed by atoms with E-state index in [0.717, 1.165) is 12.8 Å². The van der Waals surface area contributed by atoms with E-state index < -0.39 is 24.0 Å². The van der Waals surface area contributed by atoms with Gasteiger partial charge in [0.2, 0.25) is 0 Å². The van der Waals surface area contributed by atoms with Gasteiger partial charge in [-0.25, -0.2) is 8.78 Å². The van der Waals surface area contributed by atoms with Gasteiger partial charge in [0.25, 0.3) is 0 Å². The minimum Gasteiger partial charge on any atom is -0.469 e. The molecule has 1 saturated carbocycles. The van der Waals surface area contributed by atoms with Crippen LogP contribution in [0.5, 0.6) is 0 Å². The predicted molar refractivity (Wildman–Crippen MR) is 109 cm³/mol. The number of allylic oxidation sites excluding steroid dienone is 2. The second kappa shape index (κ2) is 10.7. The number of unbranched alkanes of at least 4 members (excludes halogenated alkanes) is 1. The van der Waals surface area contributed by atoms with Crippen molar-refractivity contribution in [1.82, 2.24) is 0 Å². The van der Waals surface area contributed by atoms with Crippen molar-refractivity contribution >= 4 is 5.97 Å². The van der Waals surface area contributed by atoms with E-state index in [1.807, 2.05) is 13.8 Å². The highest BCUT2D eigenvalue weighted by Crippen LogP contribution is 2.48. The number of fused-ring (bicyclic) bond motifs is 1. The number of aliphatic hydroxyl groups is 1. The van der Waals surface area contributed by atoms with Crippen LogP contribution in [0.25, 0.3) is 0 Å². The highest BCUT2D eigenvalue weighted by Gasteiger charge is 2.53. The average molecular weight is 415 g/mol. The van der Waals surface area contributed by atoms with Gasteiger partial charge in [0.1, 0.15) is 24.0 Å². The summed E-state index contributed by atoms with van der Waals surface area (Å²) in [7, 11) is 1.34. The Labute approximate surface area is 173 Å². The minimum atomic E-state index is -1.68. The van der Waals surface area contributed by atoms with E-state index in [-0.39, 0.29) is 36.2 Å². The molecule has 166 valence electrons. The number of rotatable bonds is 10. The SMILES string of the molecule is CCCCC(C)(F)[C@H](O)/C=C/[C@@H]1[C@H]2C(F)C(/C=C/CCC(=O)OC)O[C@H]2C[C@H]1C. The third-order valence-electron chi connectivity index (χ3n) is 6.37. The van der Waals surface area contributed by atoms with Gasteiger partial charge >= 0.3 is 5.97 Å². The predicted octanol–water partition coefficient (Wildman–Crippen LogP) is 4.71. The summed E-state index contributed by atoms with van der Waals surface area (Å²) >= 11 is 0. The van der Waals surface area contributed by atoms with Crippen molar-refractivity contribution in [2.45, 2.75) is 89.4 Å². The van der Waals surface area contributed by atoms with Crippen molar-refractivity contribution in [3.8, 4) is 0 Å². The Balaban J connectivity index is 1.97. The number of hydrogen-bond donors (Lipinski definition) is 1. The van der Waals surface area contributed by atoms with Gasteiger partial charge in [-0.1, -0.05) is 51.0 Å². The highest BCUT2D eigenvalue weighted by molar-refractivity contribution is 5.69. The molecule has 4 nitrogen and oxygen atoms in total. The molecule has 0 aromatic carbocycles. The smallest absolute Gasteiger partial charge is 0.305 e. The molecular weight excluding hydrogens is 378 g/mol. The zero-order chi connectivity index (χ0) is 21.6. The molecular formula is C23H36F2O4. The van der Waals surface area contributed by atoms with E-state index >= 15 is 4.39 Å². The summed E-state index contributed by atoms with van der Waals surface area (Å²) < 4.78 is 40.3. The van der Waals surface area contributed by atoms with Crippen LogP contribution in [0.15, 0.2) is 24.3 Å². The van der Waals surface area contributed by atoms with Crippen LogP contribution in [-0.2, 0) is 14.3 Å². The Bertz CT molecular complexity index is 589. The van der Waals surface area contributed by atoms with Gasteiger partial charge < -0.3 is 14.6 Å². The highest BCUT2D eigenvalue weighted by atomic mass is 19.1. The van der Waals surface area contributed by atoms with E-state index in [0.29, 0.717) is 19.3 Å². The minimum absolute atomic E-state index is 0.0971. The largest absolute Gasteiger partial charge is 0.469 e. The van der Waals surface area contributed by atoms with Crippen LogP contribution in [0.1, 0.15) is 59.3 Å². The Morgan fingerprint density at radius 2 is 2.14 bits per heavy atom. The lowest BCUT2D eigenvalue weighted by Crippen LogP contribution is -2.33. The summed E-state index contributed by atoms with van der Waals surface area (Å²) in [4.78, 5) is 11.2. The van der Waals surface area contributed by atoms with Crippen LogP contribution in [-0.4, -0.2) is 48.3 Å². The van der Waals surface area contributed by atoms with Crippen molar-refractivity contribution in [2.75, 3.05) is 7.11 Å². The first-order valence-corrected chi connectivity index (χ1v) is 10.8. The first-order valence-electron chi connectivity index (χ1n) is 10.8. The quantitative estimate of drug-likeness (QED) is 0.416. The topological polar surface area (TPSA) is 55.8 Å². The molecule has 0 spiro atoms. The maximum absolute atomic E-state index is 15.1. The first kappa shape index (κ1) is 24.0. The molecule has 3 unspecified atom stereocenters. The molecule has 2 fully saturated rings. The molecule has 29 heavy (non-hydrogen) atoms. The first-order chi connectivity index (χ1) is 13.7. The zero-order valence-corrected chi connectivity index (χ0v) is 18.0. The van der Waals surface area contributed by atoms with Gasteiger partial charge in [0.05, 0.1) is 13.2 Å². The standard InChI is InChI=1S/C23H36F2O4/c1-5-6-13-23(3,25)19(26)12-11-16-15(2)14-18-21(16)22(24)17(29-18)9-7-8-10-20(27)28-4/h7,9,11-12,15-19,21-22,26H,5-6,8,10,13-14H2,1-4H3/b9-7+,12-11+/t15-,16+,17?,18+,19-,21-,22?,23?/m1/s1. The number of ether oxygens (including phenoxy) is 2. The number of methoxy groups -OCH3 is 1. The molecule has 2 aliphatic rings. The summed E-state index contributed by atoms with van der Waals surface area (Å²) in [5.74, 6) is -0.491. The molecule has 8 atom stereocenters. The van der Waals surface area contributed by atoms with Crippen LogP contribution in [0, 0.1) is 17.8 Å². The number of hydrogen-bond acceptors (Lipinski definition) is 4. The van der Waals surface area contributed by atoms with Gasteiger partial charge in [-0.05, 0) is 38.0 Å². The summed E-state index contributed by atoms with van der Waals surface area (Å²) in [6.07, 6.45) is 6.93.